The highest BCUT2D eigenvalue weighted by Crippen LogP contribution is 2.23. The van der Waals surface area contributed by atoms with Crippen LogP contribution in [0.15, 0.2) is 46.2 Å². The van der Waals surface area contributed by atoms with Crippen molar-refractivity contribution in [2.75, 3.05) is 39.1 Å². The molecule has 160 valence electrons. The van der Waals surface area contributed by atoms with Crippen molar-refractivity contribution in [3.63, 3.8) is 0 Å². The molecule has 8 heteroatoms. The van der Waals surface area contributed by atoms with Gasteiger partial charge in [-0.05, 0) is 42.1 Å². The monoisotopic (exact) mass is 427 g/mol. The number of thiophene rings is 1. The number of hydrogen-bond donors (Lipinski definition) is 0. The largest absolute Gasteiger partial charge is 0.419 e. The first kappa shape index (κ1) is 22.0. The van der Waals surface area contributed by atoms with Crippen LogP contribution in [0.25, 0.3) is 10.8 Å². The molecule has 0 aliphatic carbocycles. The molecule has 2 aromatic heterocycles. The summed E-state index contributed by atoms with van der Waals surface area (Å²) in [5, 5.41) is 10.3. The van der Waals surface area contributed by atoms with E-state index in [-0.39, 0.29) is 5.91 Å². The van der Waals surface area contributed by atoms with Crippen molar-refractivity contribution in [1.29, 1.82) is 0 Å². The predicted molar refractivity (Wildman–Crippen MR) is 120 cm³/mol. The number of carbonyl (C=O) groups is 1. The van der Waals surface area contributed by atoms with Crippen molar-refractivity contribution in [3.8, 4) is 10.8 Å². The molecule has 0 saturated heterocycles. The van der Waals surface area contributed by atoms with Gasteiger partial charge < -0.3 is 14.2 Å². The quantitative estimate of drug-likeness (QED) is 0.491. The van der Waals surface area contributed by atoms with E-state index in [4.69, 9.17) is 4.42 Å². The van der Waals surface area contributed by atoms with Gasteiger partial charge in [0.2, 0.25) is 11.8 Å². The van der Waals surface area contributed by atoms with Gasteiger partial charge >= 0.3 is 0 Å². The average molecular weight is 428 g/mol. The van der Waals surface area contributed by atoms with E-state index in [1.54, 1.807) is 16.2 Å². The topological polar surface area (TPSA) is 65.7 Å². The predicted octanol–water partition coefficient (Wildman–Crippen LogP) is 3.73. The van der Waals surface area contributed by atoms with Gasteiger partial charge in [-0.25, -0.2) is 0 Å². The first-order valence-corrected chi connectivity index (χ1v) is 10.9. The molecule has 3 aromatic rings. The lowest BCUT2D eigenvalue weighted by Gasteiger charge is -2.24. The minimum atomic E-state index is 0.0677. The van der Waals surface area contributed by atoms with E-state index in [0.717, 1.165) is 29.1 Å². The molecule has 0 spiro atoms. The van der Waals surface area contributed by atoms with E-state index in [9.17, 15) is 4.79 Å². The molecule has 7 nitrogen and oxygen atoms in total. The fraction of sp³-hybridized carbons (Fsp3) is 0.409. The number of hydrogen-bond acceptors (Lipinski definition) is 7. The van der Waals surface area contributed by atoms with E-state index in [0.29, 0.717) is 31.4 Å². The number of rotatable bonds is 10. The zero-order chi connectivity index (χ0) is 21.5. The van der Waals surface area contributed by atoms with Crippen LogP contribution < -0.4 is 4.90 Å². The van der Waals surface area contributed by atoms with E-state index < -0.39 is 0 Å². The number of likely N-dealkylation sites (N-methyl/N-ethyl adjacent to an activating group) is 1. The minimum Gasteiger partial charge on any atom is -0.419 e. The highest BCUT2D eigenvalue weighted by atomic mass is 32.1. The van der Waals surface area contributed by atoms with Crippen molar-refractivity contribution >= 4 is 22.9 Å². The van der Waals surface area contributed by atoms with Crippen LogP contribution in [0.4, 0.5) is 5.69 Å². The van der Waals surface area contributed by atoms with E-state index in [2.05, 4.69) is 51.2 Å². The smallest absolute Gasteiger partial charge is 0.257 e. The second-order valence-corrected chi connectivity index (χ2v) is 8.45. The number of benzene rings is 1. The summed E-state index contributed by atoms with van der Waals surface area (Å²) in [6.45, 7) is 4.24. The van der Waals surface area contributed by atoms with Crippen molar-refractivity contribution in [3.05, 3.63) is 53.2 Å². The number of carbonyl (C=O) groups excluding carboxylic acids is 1. The van der Waals surface area contributed by atoms with Crippen molar-refractivity contribution in [2.45, 2.75) is 26.4 Å². The third-order valence-electron chi connectivity index (χ3n) is 4.75. The van der Waals surface area contributed by atoms with Gasteiger partial charge in [-0.1, -0.05) is 25.1 Å². The normalized spacial score (nSPS) is 11.1. The second-order valence-electron chi connectivity index (χ2n) is 7.50. The van der Waals surface area contributed by atoms with Gasteiger partial charge in [-0.15, -0.1) is 21.5 Å². The van der Waals surface area contributed by atoms with Crippen molar-refractivity contribution in [2.24, 2.45) is 0 Å². The summed E-state index contributed by atoms with van der Waals surface area (Å²) in [4.78, 5) is 19.6. The molecule has 0 fully saturated rings. The van der Waals surface area contributed by atoms with E-state index in [1.165, 1.54) is 0 Å². The molecule has 0 aliphatic heterocycles. The Morgan fingerprint density at radius 3 is 2.47 bits per heavy atom. The zero-order valence-corrected chi connectivity index (χ0v) is 18.9. The van der Waals surface area contributed by atoms with Crippen LogP contribution in [0, 0.1) is 0 Å². The molecule has 0 atom stereocenters. The lowest BCUT2D eigenvalue weighted by atomic mass is 10.2. The van der Waals surface area contributed by atoms with Crippen LogP contribution >= 0.6 is 11.3 Å². The molecule has 3 rings (SSSR count). The van der Waals surface area contributed by atoms with Gasteiger partial charge in [0.05, 0.1) is 18.0 Å². The summed E-state index contributed by atoms with van der Waals surface area (Å²) in [6.07, 6.45) is 0.939. The molecule has 1 aromatic carbocycles. The lowest BCUT2D eigenvalue weighted by Crippen LogP contribution is -2.38. The Bertz CT molecular complexity index is 921. The molecule has 2 heterocycles. The Morgan fingerprint density at radius 2 is 1.83 bits per heavy atom. The summed E-state index contributed by atoms with van der Waals surface area (Å²) < 4.78 is 5.79. The van der Waals surface area contributed by atoms with E-state index >= 15 is 0 Å². The van der Waals surface area contributed by atoms with E-state index in [1.807, 2.05) is 38.7 Å². The summed E-state index contributed by atoms with van der Waals surface area (Å²) in [5.74, 6) is 1.13. The Balaban J connectivity index is 1.57. The molecule has 0 unspecified atom stereocenters. The Hall–Kier alpha value is -2.71. The van der Waals surface area contributed by atoms with Crippen LogP contribution in [-0.2, 0) is 17.9 Å². The third kappa shape index (κ3) is 5.90. The van der Waals surface area contributed by atoms with Gasteiger partial charge in [0, 0.05) is 33.4 Å². The first-order valence-electron chi connectivity index (χ1n) is 10.0. The van der Waals surface area contributed by atoms with Gasteiger partial charge in [0.15, 0.2) is 0 Å². The number of nitrogens with zero attached hydrogens (tertiary/aromatic N) is 5. The molecular weight excluding hydrogens is 398 g/mol. The maximum Gasteiger partial charge on any atom is 0.257 e. The molecular formula is C22H29N5O2S. The number of aromatic nitrogens is 2. The molecule has 0 bridgehead atoms. The fourth-order valence-electron chi connectivity index (χ4n) is 3.11. The third-order valence-corrected chi connectivity index (χ3v) is 5.61. The summed E-state index contributed by atoms with van der Waals surface area (Å²) in [7, 11) is 5.87. The highest BCUT2D eigenvalue weighted by Gasteiger charge is 2.18. The molecule has 30 heavy (non-hydrogen) atoms. The van der Waals surface area contributed by atoms with Crippen LogP contribution in [0.3, 0.4) is 0 Å². The van der Waals surface area contributed by atoms with Gasteiger partial charge in [-0.3, -0.25) is 9.69 Å². The van der Waals surface area contributed by atoms with Gasteiger partial charge in [0.25, 0.3) is 5.89 Å². The van der Waals surface area contributed by atoms with Crippen LogP contribution in [0.2, 0.25) is 0 Å². The lowest BCUT2D eigenvalue weighted by molar-refractivity contribution is -0.131. The van der Waals surface area contributed by atoms with Crippen molar-refractivity contribution in [1.82, 2.24) is 20.0 Å². The number of anilines is 1. The Kier molecular flexibility index (Phi) is 7.59. The summed E-state index contributed by atoms with van der Waals surface area (Å²) in [5.41, 5.74) is 2.25. The Labute approximate surface area is 181 Å². The minimum absolute atomic E-state index is 0.0677. The van der Waals surface area contributed by atoms with Crippen LogP contribution in [0.1, 0.15) is 24.8 Å². The highest BCUT2D eigenvalue weighted by molar-refractivity contribution is 7.13. The molecule has 0 N–H and O–H groups in total. The summed E-state index contributed by atoms with van der Waals surface area (Å²) in [6, 6.07) is 12.2. The number of amides is 1. The molecule has 0 aliphatic rings. The maximum absolute atomic E-state index is 12.8. The SMILES string of the molecule is CCCN(CC(=O)N(C)Cc1ccc(N(C)C)cc1)Cc1nnc(-c2cccs2)o1. The summed E-state index contributed by atoms with van der Waals surface area (Å²) >= 11 is 1.56. The van der Waals surface area contributed by atoms with Crippen LogP contribution in [0.5, 0.6) is 0 Å². The first-order chi connectivity index (χ1) is 14.5. The fourth-order valence-corrected chi connectivity index (χ4v) is 3.76. The maximum atomic E-state index is 12.8. The molecule has 0 radical (unpaired) electrons. The standard InChI is InChI=1S/C22H29N5O2S/c1-5-12-27(15-20-23-24-22(29-20)19-7-6-13-30-19)16-21(28)26(4)14-17-8-10-18(11-9-17)25(2)3/h6-11,13H,5,12,14-16H2,1-4H3. The molecule has 1 amide bonds. The zero-order valence-electron chi connectivity index (χ0n) is 18.0. The van der Waals surface area contributed by atoms with Gasteiger partial charge in [0.1, 0.15) is 0 Å². The average Bonchev–Trinajstić information content (AvgIpc) is 3.40. The van der Waals surface area contributed by atoms with Crippen LogP contribution in [-0.4, -0.2) is 60.1 Å². The van der Waals surface area contributed by atoms with Crippen molar-refractivity contribution < 1.29 is 9.21 Å². The second kappa shape index (κ2) is 10.4. The Morgan fingerprint density at radius 1 is 1.07 bits per heavy atom. The van der Waals surface area contributed by atoms with Gasteiger partial charge in [-0.2, -0.15) is 0 Å². The molecule has 0 saturated carbocycles.